The van der Waals surface area contributed by atoms with E-state index in [0.29, 0.717) is 28.1 Å². The number of likely N-dealkylation sites (N-methyl/N-ethyl adjacent to an activating group) is 1. The van der Waals surface area contributed by atoms with Crippen LogP contribution in [0.5, 0.6) is 0 Å². The highest BCUT2D eigenvalue weighted by molar-refractivity contribution is 7.71. The molecule has 2 heterocycles. The lowest BCUT2D eigenvalue weighted by atomic mass is 10.3. The first-order valence-electron chi connectivity index (χ1n) is 6.55. The normalized spacial score (nSPS) is 10.2. The van der Waals surface area contributed by atoms with E-state index < -0.39 is 0 Å². The second kappa shape index (κ2) is 7.31. The maximum atomic E-state index is 9.00. The molecule has 106 valence electrons. The molecule has 2 aromatic rings. The van der Waals surface area contributed by atoms with Crippen molar-refractivity contribution in [2.75, 3.05) is 24.6 Å². The summed E-state index contributed by atoms with van der Waals surface area (Å²) >= 11 is 5.26. The topological polar surface area (TPSA) is 49.8 Å². The smallest absolute Gasteiger partial charge is 0.197 e. The van der Waals surface area contributed by atoms with Gasteiger partial charge in [-0.25, -0.2) is 0 Å². The Hall–Kier alpha value is -1.33. The molecule has 0 amide bonds. The van der Waals surface area contributed by atoms with E-state index in [9.17, 15) is 0 Å². The van der Waals surface area contributed by atoms with E-state index in [2.05, 4.69) is 0 Å². The first-order valence-corrected chi connectivity index (χ1v) is 6.96. The average molecular weight is 283 g/mol. The van der Waals surface area contributed by atoms with Crippen LogP contribution in [0.25, 0.3) is 11.2 Å². The number of fused-ring (bicyclic) bond motifs is 1. The van der Waals surface area contributed by atoms with Crippen LogP contribution in [0.4, 0.5) is 5.88 Å². The number of furan rings is 1. The minimum atomic E-state index is 0.0819. The minimum Gasteiger partial charge on any atom is -0.459 e. The molecule has 4 nitrogen and oxygen atoms in total. The van der Waals surface area contributed by atoms with Crippen molar-refractivity contribution in [1.29, 1.82) is 0 Å². The number of rotatable bonds is 4. The molecule has 2 aromatic heterocycles. The second-order valence-electron chi connectivity index (χ2n) is 3.83. The summed E-state index contributed by atoms with van der Waals surface area (Å²) in [6, 6.07) is 1.76. The molecule has 1 N–H and O–H groups in total. The van der Waals surface area contributed by atoms with Gasteiger partial charge in [-0.05, 0) is 13.8 Å². The minimum absolute atomic E-state index is 0.0819. The Morgan fingerprint density at radius 2 is 2.00 bits per heavy atom. The van der Waals surface area contributed by atoms with Gasteiger partial charge >= 0.3 is 0 Å². The predicted octanol–water partition coefficient (Wildman–Crippen LogP) is 3.91. The Kier molecular flexibility index (Phi) is 6.05. The molecule has 0 aliphatic rings. The molecule has 0 aromatic carbocycles. The number of aliphatic hydroxyl groups excluding tert-OH is 1. The Balaban J connectivity index is 0.000000861. The largest absolute Gasteiger partial charge is 0.459 e. The highest BCUT2D eigenvalue weighted by Gasteiger charge is 2.12. The van der Waals surface area contributed by atoms with Gasteiger partial charge in [0.15, 0.2) is 17.1 Å². The van der Waals surface area contributed by atoms with Crippen LogP contribution < -0.4 is 4.90 Å². The van der Waals surface area contributed by atoms with E-state index >= 15 is 0 Å². The van der Waals surface area contributed by atoms with Crippen molar-refractivity contribution in [2.45, 2.75) is 27.7 Å². The summed E-state index contributed by atoms with van der Waals surface area (Å²) in [6.45, 7) is 9.27. The van der Waals surface area contributed by atoms with Gasteiger partial charge in [-0.3, -0.25) is 0 Å². The third-order valence-corrected chi connectivity index (χ3v) is 2.97. The molecule has 0 saturated heterocycles. The lowest BCUT2D eigenvalue weighted by Gasteiger charge is -2.19. The zero-order valence-corrected chi connectivity index (χ0v) is 12.7. The molecular formula is C14H21NO3S. The zero-order valence-electron chi connectivity index (χ0n) is 11.9. The monoisotopic (exact) mass is 283 g/mol. The molecule has 0 fully saturated rings. The van der Waals surface area contributed by atoms with Crippen LogP contribution in [0.2, 0.25) is 0 Å². The molecule has 0 bridgehead atoms. The van der Waals surface area contributed by atoms with Gasteiger partial charge in [0.25, 0.3) is 0 Å². The third kappa shape index (κ3) is 3.36. The fourth-order valence-corrected chi connectivity index (χ4v) is 1.98. The molecule has 0 unspecified atom stereocenters. The highest BCUT2D eigenvalue weighted by atomic mass is 32.1. The maximum absolute atomic E-state index is 9.00. The van der Waals surface area contributed by atoms with Crippen LogP contribution >= 0.6 is 12.2 Å². The summed E-state index contributed by atoms with van der Waals surface area (Å²) in [5, 5.41) is 9.00. The number of nitrogens with zero attached hydrogens (tertiary/aromatic N) is 1. The quantitative estimate of drug-likeness (QED) is 0.862. The Bertz CT molecular complexity index is 574. The standard InChI is InChI=1S/C12H15NO3S.C2H6/c1-3-13(4-5-14)10-6-9(17)12-11(16-10)8(2)7-15-12;1-2/h6-7,14H,3-5H2,1-2H3;1-2H3. The van der Waals surface area contributed by atoms with Crippen molar-refractivity contribution in [3.8, 4) is 0 Å². The molecule has 0 spiro atoms. The summed E-state index contributed by atoms with van der Waals surface area (Å²) in [5.41, 5.74) is 2.22. The summed E-state index contributed by atoms with van der Waals surface area (Å²) in [7, 11) is 0. The van der Waals surface area contributed by atoms with Crippen LogP contribution in [0.15, 0.2) is 21.2 Å². The van der Waals surface area contributed by atoms with Crippen molar-refractivity contribution in [1.82, 2.24) is 0 Å². The molecule has 2 rings (SSSR count). The average Bonchev–Trinajstić information content (AvgIpc) is 2.81. The first kappa shape index (κ1) is 15.7. The van der Waals surface area contributed by atoms with Gasteiger partial charge in [0.05, 0.1) is 17.4 Å². The molecule has 0 radical (unpaired) electrons. The van der Waals surface area contributed by atoms with Gasteiger partial charge in [0.2, 0.25) is 0 Å². The van der Waals surface area contributed by atoms with Gasteiger partial charge in [0.1, 0.15) is 0 Å². The van der Waals surface area contributed by atoms with Crippen molar-refractivity contribution in [3.63, 3.8) is 0 Å². The summed E-state index contributed by atoms with van der Waals surface area (Å²) < 4.78 is 11.7. The fourth-order valence-electron chi connectivity index (χ4n) is 1.74. The molecular weight excluding hydrogens is 262 g/mol. The first-order chi connectivity index (χ1) is 9.17. The summed E-state index contributed by atoms with van der Waals surface area (Å²) in [4.78, 5) is 1.93. The van der Waals surface area contributed by atoms with Crippen LogP contribution in [0.1, 0.15) is 26.3 Å². The SMILES string of the molecule is CC.CCN(CCO)c1cc(=S)c2occ(C)c2o1. The van der Waals surface area contributed by atoms with Crippen molar-refractivity contribution in [2.24, 2.45) is 0 Å². The van der Waals surface area contributed by atoms with Gasteiger partial charge in [-0.1, -0.05) is 26.1 Å². The van der Waals surface area contributed by atoms with E-state index in [1.165, 1.54) is 0 Å². The number of aryl methyl sites for hydroxylation is 1. The molecule has 0 saturated carbocycles. The fraction of sp³-hybridized carbons (Fsp3) is 0.500. The van der Waals surface area contributed by atoms with Crippen molar-refractivity contribution in [3.05, 3.63) is 22.4 Å². The number of anilines is 1. The van der Waals surface area contributed by atoms with Crippen molar-refractivity contribution >= 4 is 29.3 Å². The maximum Gasteiger partial charge on any atom is 0.197 e. The molecule has 5 heteroatoms. The van der Waals surface area contributed by atoms with E-state index in [0.717, 1.165) is 12.1 Å². The van der Waals surface area contributed by atoms with E-state index in [4.69, 9.17) is 26.2 Å². The number of aliphatic hydroxyl groups is 1. The Morgan fingerprint density at radius 3 is 2.58 bits per heavy atom. The molecule has 19 heavy (non-hydrogen) atoms. The predicted molar refractivity (Wildman–Crippen MR) is 80.4 cm³/mol. The Morgan fingerprint density at radius 1 is 1.32 bits per heavy atom. The molecule has 0 aliphatic heterocycles. The molecule has 0 atom stereocenters. The van der Waals surface area contributed by atoms with E-state index in [1.807, 2.05) is 32.6 Å². The van der Waals surface area contributed by atoms with Gasteiger partial charge in [-0.2, -0.15) is 0 Å². The molecule has 0 aliphatic carbocycles. The van der Waals surface area contributed by atoms with Crippen LogP contribution in [0.3, 0.4) is 0 Å². The highest BCUT2D eigenvalue weighted by Crippen LogP contribution is 2.27. The van der Waals surface area contributed by atoms with Gasteiger partial charge < -0.3 is 18.8 Å². The second-order valence-corrected chi connectivity index (χ2v) is 4.27. The zero-order chi connectivity index (χ0) is 14.4. The van der Waals surface area contributed by atoms with Gasteiger partial charge in [0, 0.05) is 24.7 Å². The van der Waals surface area contributed by atoms with E-state index in [1.54, 1.807) is 12.3 Å². The van der Waals surface area contributed by atoms with E-state index in [-0.39, 0.29) is 6.61 Å². The lowest BCUT2D eigenvalue weighted by Crippen LogP contribution is -2.26. The summed E-state index contributed by atoms with van der Waals surface area (Å²) in [5.74, 6) is 0.670. The third-order valence-electron chi connectivity index (χ3n) is 2.67. The van der Waals surface area contributed by atoms with Crippen LogP contribution in [-0.2, 0) is 0 Å². The lowest BCUT2D eigenvalue weighted by molar-refractivity contribution is 0.300. The van der Waals surface area contributed by atoms with Crippen LogP contribution in [-0.4, -0.2) is 24.8 Å². The van der Waals surface area contributed by atoms with Crippen molar-refractivity contribution < 1.29 is 13.9 Å². The van der Waals surface area contributed by atoms with Gasteiger partial charge in [-0.15, -0.1) is 0 Å². The van der Waals surface area contributed by atoms with Crippen LogP contribution in [0, 0.1) is 11.4 Å². The summed E-state index contributed by atoms with van der Waals surface area (Å²) in [6.07, 6.45) is 1.63. The Labute approximate surface area is 118 Å². The number of hydrogen-bond donors (Lipinski definition) is 1. The number of hydrogen-bond acceptors (Lipinski definition) is 5.